The molecule has 0 aliphatic heterocycles. The first kappa shape index (κ1) is 14.4. The van der Waals surface area contributed by atoms with Crippen LogP contribution in [0, 0.1) is 0 Å². The van der Waals surface area contributed by atoms with Crippen molar-refractivity contribution in [2.45, 2.75) is 38.5 Å². The predicted octanol–water partition coefficient (Wildman–Crippen LogP) is 3.62. The second-order valence-electron chi connectivity index (χ2n) is 4.16. The Hall–Kier alpha value is -0.670. The summed E-state index contributed by atoms with van der Waals surface area (Å²) in [4.78, 5) is 0. The maximum absolute atomic E-state index is 6.19. The summed E-state index contributed by atoms with van der Waals surface area (Å²) in [6, 6.07) is 8.19. The lowest BCUT2D eigenvalue weighted by Crippen LogP contribution is -2.14. The summed E-state index contributed by atoms with van der Waals surface area (Å²) in [5.74, 6) is 1.87. The van der Waals surface area contributed by atoms with Crippen molar-refractivity contribution in [3.8, 4) is 5.75 Å². The van der Waals surface area contributed by atoms with Crippen molar-refractivity contribution in [1.29, 1.82) is 0 Å². The van der Waals surface area contributed by atoms with Gasteiger partial charge in [0.1, 0.15) is 5.75 Å². The molecule has 0 bridgehead atoms. The number of thioether (sulfide) groups is 1. The molecule has 0 spiro atoms. The highest BCUT2D eigenvalue weighted by molar-refractivity contribution is 7.99. The van der Waals surface area contributed by atoms with E-state index < -0.39 is 0 Å². The smallest absolute Gasteiger partial charge is 0.119 e. The average molecular weight is 253 g/mol. The van der Waals surface area contributed by atoms with Crippen molar-refractivity contribution < 1.29 is 4.74 Å². The average Bonchev–Trinajstić information content (AvgIpc) is 2.36. The van der Waals surface area contributed by atoms with Gasteiger partial charge in [-0.05, 0) is 31.0 Å². The summed E-state index contributed by atoms with van der Waals surface area (Å²) < 4.78 is 5.48. The Morgan fingerprint density at radius 3 is 2.76 bits per heavy atom. The molecule has 1 aromatic rings. The van der Waals surface area contributed by atoms with Crippen LogP contribution in [0.25, 0.3) is 0 Å². The van der Waals surface area contributed by atoms with Gasteiger partial charge in [-0.25, -0.2) is 0 Å². The molecule has 2 N–H and O–H groups in total. The van der Waals surface area contributed by atoms with Crippen LogP contribution in [-0.2, 0) is 0 Å². The van der Waals surface area contributed by atoms with Crippen LogP contribution < -0.4 is 10.5 Å². The Morgan fingerprint density at radius 2 is 2.12 bits per heavy atom. The number of rotatable bonds is 7. The van der Waals surface area contributed by atoms with Crippen LogP contribution in [0.2, 0.25) is 0 Å². The third kappa shape index (κ3) is 5.00. The lowest BCUT2D eigenvalue weighted by molar-refractivity contribution is 0.339. The van der Waals surface area contributed by atoms with E-state index in [1.54, 1.807) is 0 Å². The molecular formula is C14H23NOS. The fraction of sp³-hybridized carbons (Fsp3) is 0.571. The fourth-order valence-corrected chi connectivity index (χ4v) is 2.45. The summed E-state index contributed by atoms with van der Waals surface area (Å²) in [6.45, 7) is 7.14. The zero-order chi connectivity index (χ0) is 12.7. The minimum atomic E-state index is 0.0920. The Balaban J connectivity index is 2.55. The van der Waals surface area contributed by atoms with Gasteiger partial charge in [-0.1, -0.05) is 26.0 Å². The van der Waals surface area contributed by atoms with Crippen LogP contribution in [0.1, 0.15) is 38.8 Å². The number of benzene rings is 1. The first-order valence-corrected chi connectivity index (χ1v) is 7.32. The van der Waals surface area contributed by atoms with E-state index in [-0.39, 0.29) is 6.04 Å². The SMILES string of the molecule is CCOc1cccc(C(N)CSC(C)CC)c1. The maximum atomic E-state index is 6.19. The molecule has 0 aromatic heterocycles. The second-order valence-corrected chi connectivity index (χ2v) is 5.64. The van der Waals surface area contributed by atoms with Crippen molar-refractivity contribution in [3.05, 3.63) is 29.8 Å². The minimum absolute atomic E-state index is 0.0920. The zero-order valence-electron chi connectivity index (χ0n) is 11.0. The quantitative estimate of drug-likeness (QED) is 0.806. The van der Waals surface area contributed by atoms with Crippen molar-refractivity contribution in [3.63, 3.8) is 0 Å². The number of hydrogen-bond acceptors (Lipinski definition) is 3. The van der Waals surface area contributed by atoms with Crippen LogP contribution in [0.3, 0.4) is 0 Å². The monoisotopic (exact) mass is 253 g/mol. The first-order chi connectivity index (χ1) is 8.17. The van der Waals surface area contributed by atoms with Crippen molar-refractivity contribution >= 4 is 11.8 Å². The molecule has 0 radical (unpaired) electrons. The van der Waals surface area contributed by atoms with E-state index in [4.69, 9.17) is 10.5 Å². The van der Waals surface area contributed by atoms with E-state index in [1.807, 2.05) is 36.9 Å². The molecule has 96 valence electrons. The van der Waals surface area contributed by atoms with E-state index in [0.717, 1.165) is 17.1 Å². The number of ether oxygens (including phenoxy) is 1. The summed E-state index contributed by atoms with van der Waals surface area (Å²) in [6.07, 6.45) is 1.19. The topological polar surface area (TPSA) is 35.2 Å². The highest BCUT2D eigenvalue weighted by Gasteiger charge is 2.09. The van der Waals surface area contributed by atoms with E-state index in [0.29, 0.717) is 11.9 Å². The molecule has 0 aliphatic carbocycles. The van der Waals surface area contributed by atoms with Crippen LogP contribution in [0.4, 0.5) is 0 Å². The Kier molecular flexibility index (Phi) is 6.45. The van der Waals surface area contributed by atoms with Gasteiger partial charge in [0.25, 0.3) is 0 Å². The molecule has 2 unspecified atom stereocenters. The molecule has 2 nitrogen and oxygen atoms in total. The minimum Gasteiger partial charge on any atom is -0.494 e. The van der Waals surface area contributed by atoms with Gasteiger partial charge in [0.2, 0.25) is 0 Å². The standard InChI is InChI=1S/C14H23NOS/c1-4-11(3)17-10-14(15)12-7-6-8-13(9-12)16-5-2/h6-9,11,14H,4-5,10,15H2,1-3H3. The van der Waals surface area contributed by atoms with E-state index in [1.165, 1.54) is 6.42 Å². The van der Waals surface area contributed by atoms with Gasteiger partial charge in [0.15, 0.2) is 0 Å². The summed E-state index contributed by atoms with van der Waals surface area (Å²) in [5, 5.41) is 0.677. The highest BCUT2D eigenvalue weighted by Crippen LogP contribution is 2.23. The van der Waals surface area contributed by atoms with Gasteiger partial charge in [0, 0.05) is 17.0 Å². The summed E-state index contributed by atoms with van der Waals surface area (Å²) in [5.41, 5.74) is 7.35. The Labute approximate surface area is 109 Å². The molecule has 17 heavy (non-hydrogen) atoms. The molecule has 1 rings (SSSR count). The zero-order valence-corrected chi connectivity index (χ0v) is 11.8. The maximum Gasteiger partial charge on any atom is 0.119 e. The third-order valence-electron chi connectivity index (χ3n) is 2.73. The Bertz CT molecular complexity index is 330. The van der Waals surface area contributed by atoms with Crippen molar-refractivity contribution in [2.75, 3.05) is 12.4 Å². The molecule has 0 heterocycles. The number of hydrogen-bond donors (Lipinski definition) is 1. The summed E-state index contributed by atoms with van der Waals surface area (Å²) in [7, 11) is 0. The van der Waals surface area contributed by atoms with Gasteiger partial charge in [-0.15, -0.1) is 0 Å². The van der Waals surface area contributed by atoms with Gasteiger partial charge in [-0.2, -0.15) is 11.8 Å². The Morgan fingerprint density at radius 1 is 1.35 bits per heavy atom. The largest absolute Gasteiger partial charge is 0.494 e. The molecule has 0 saturated heterocycles. The lowest BCUT2D eigenvalue weighted by atomic mass is 10.1. The van der Waals surface area contributed by atoms with Gasteiger partial charge in [-0.3, -0.25) is 0 Å². The summed E-state index contributed by atoms with van der Waals surface area (Å²) >= 11 is 1.93. The van der Waals surface area contributed by atoms with Gasteiger partial charge < -0.3 is 10.5 Å². The third-order valence-corrected chi connectivity index (χ3v) is 4.19. The normalized spacial score (nSPS) is 14.4. The van der Waals surface area contributed by atoms with Crippen molar-refractivity contribution in [2.24, 2.45) is 5.73 Å². The molecule has 0 saturated carbocycles. The molecule has 0 fully saturated rings. The van der Waals surface area contributed by atoms with E-state index in [9.17, 15) is 0 Å². The van der Waals surface area contributed by atoms with Crippen LogP contribution in [-0.4, -0.2) is 17.6 Å². The van der Waals surface area contributed by atoms with E-state index >= 15 is 0 Å². The first-order valence-electron chi connectivity index (χ1n) is 6.27. The van der Waals surface area contributed by atoms with Gasteiger partial charge in [0.05, 0.1) is 6.61 Å². The molecule has 3 heteroatoms. The fourth-order valence-electron chi connectivity index (χ4n) is 1.48. The second kappa shape index (κ2) is 7.62. The van der Waals surface area contributed by atoms with Crippen LogP contribution >= 0.6 is 11.8 Å². The lowest BCUT2D eigenvalue weighted by Gasteiger charge is -2.15. The van der Waals surface area contributed by atoms with Crippen LogP contribution in [0.5, 0.6) is 5.75 Å². The molecule has 2 atom stereocenters. The van der Waals surface area contributed by atoms with Crippen LogP contribution in [0.15, 0.2) is 24.3 Å². The number of nitrogens with two attached hydrogens (primary N) is 1. The molecule has 0 amide bonds. The predicted molar refractivity (Wildman–Crippen MR) is 76.8 cm³/mol. The molecular weight excluding hydrogens is 230 g/mol. The highest BCUT2D eigenvalue weighted by atomic mass is 32.2. The molecule has 1 aromatic carbocycles. The molecule has 0 aliphatic rings. The van der Waals surface area contributed by atoms with E-state index in [2.05, 4.69) is 19.9 Å². The van der Waals surface area contributed by atoms with Gasteiger partial charge >= 0.3 is 0 Å². The van der Waals surface area contributed by atoms with Crippen molar-refractivity contribution in [1.82, 2.24) is 0 Å².